The van der Waals surface area contributed by atoms with Crippen LogP contribution in [0.3, 0.4) is 0 Å². The van der Waals surface area contributed by atoms with Crippen LogP contribution in [0.4, 0.5) is 0 Å². The van der Waals surface area contributed by atoms with E-state index < -0.39 is 0 Å². The average Bonchev–Trinajstić information content (AvgIpc) is 3.25. The predicted molar refractivity (Wildman–Crippen MR) is 108 cm³/mol. The summed E-state index contributed by atoms with van der Waals surface area (Å²) in [5, 5.41) is 3.56. The lowest BCUT2D eigenvalue weighted by atomic mass is 10.1. The van der Waals surface area contributed by atoms with Gasteiger partial charge in [0.15, 0.2) is 11.4 Å². The minimum absolute atomic E-state index is 0.721. The topological polar surface area (TPSA) is 38.9 Å². The number of aromatic nitrogens is 2. The zero-order valence-electron chi connectivity index (χ0n) is 13.6. The molecular formula is C22H12N2OS. The average molecular weight is 352 g/mol. The molecule has 0 bridgehead atoms. The van der Waals surface area contributed by atoms with Crippen molar-refractivity contribution in [1.29, 1.82) is 0 Å². The molecule has 122 valence electrons. The van der Waals surface area contributed by atoms with Gasteiger partial charge in [0, 0.05) is 31.1 Å². The van der Waals surface area contributed by atoms with Gasteiger partial charge in [-0.25, -0.2) is 9.97 Å². The number of hydrogen-bond donors (Lipinski definition) is 0. The number of furan rings is 1. The third kappa shape index (κ3) is 1.87. The van der Waals surface area contributed by atoms with Crippen molar-refractivity contribution in [3.63, 3.8) is 0 Å². The molecule has 3 aromatic carbocycles. The Morgan fingerprint density at radius 2 is 1.54 bits per heavy atom. The lowest BCUT2D eigenvalue weighted by Gasteiger charge is -2.02. The van der Waals surface area contributed by atoms with Crippen LogP contribution in [-0.4, -0.2) is 9.97 Å². The van der Waals surface area contributed by atoms with Gasteiger partial charge in [0.05, 0.1) is 6.20 Å². The maximum absolute atomic E-state index is 5.86. The van der Waals surface area contributed by atoms with Crippen LogP contribution < -0.4 is 0 Å². The van der Waals surface area contributed by atoms with E-state index >= 15 is 0 Å². The summed E-state index contributed by atoms with van der Waals surface area (Å²) in [5.41, 5.74) is 3.49. The van der Waals surface area contributed by atoms with Gasteiger partial charge in [0.25, 0.3) is 0 Å². The van der Waals surface area contributed by atoms with Crippen molar-refractivity contribution < 1.29 is 4.42 Å². The monoisotopic (exact) mass is 352 g/mol. The van der Waals surface area contributed by atoms with Gasteiger partial charge < -0.3 is 4.42 Å². The van der Waals surface area contributed by atoms with Crippen molar-refractivity contribution in [3.05, 3.63) is 72.9 Å². The van der Waals surface area contributed by atoms with Crippen LogP contribution in [0, 0.1) is 0 Å². The molecule has 0 radical (unpaired) electrons. The zero-order chi connectivity index (χ0) is 17.1. The molecule has 3 heterocycles. The van der Waals surface area contributed by atoms with Crippen LogP contribution in [-0.2, 0) is 0 Å². The molecule has 0 N–H and O–H groups in total. The van der Waals surface area contributed by atoms with Gasteiger partial charge in [0.1, 0.15) is 11.1 Å². The number of nitrogens with zero attached hydrogens (tertiary/aromatic N) is 2. The van der Waals surface area contributed by atoms with Gasteiger partial charge in [0.2, 0.25) is 0 Å². The maximum atomic E-state index is 5.86. The predicted octanol–water partition coefficient (Wildman–Crippen LogP) is 6.41. The molecule has 0 aliphatic heterocycles. The standard InChI is InChI=1S/C22H12N2OS/c1-3-10-17-15(7-1)20-18(25-17)12-23-22(24-20)16-9-5-8-14-13-6-2-4-11-19(13)26-21(14)16/h1-12H. The summed E-state index contributed by atoms with van der Waals surface area (Å²) < 4.78 is 8.36. The van der Waals surface area contributed by atoms with Crippen LogP contribution in [0.1, 0.15) is 0 Å². The van der Waals surface area contributed by atoms with E-state index in [0.717, 1.165) is 33.5 Å². The van der Waals surface area contributed by atoms with Crippen LogP contribution in [0.15, 0.2) is 77.3 Å². The van der Waals surface area contributed by atoms with Gasteiger partial charge >= 0.3 is 0 Å². The van der Waals surface area contributed by atoms with Crippen LogP contribution in [0.2, 0.25) is 0 Å². The zero-order valence-corrected chi connectivity index (χ0v) is 14.5. The number of para-hydroxylation sites is 1. The Hall–Kier alpha value is -3.24. The number of hydrogen-bond acceptors (Lipinski definition) is 4. The van der Waals surface area contributed by atoms with E-state index in [1.54, 1.807) is 17.5 Å². The Kier molecular flexibility index (Phi) is 2.76. The summed E-state index contributed by atoms with van der Waals surface area (Å²) >= 11 is 1.79. The van der Waals surface area contributed by atoms with E-state index in [2.05, 4.69) is 47.4 Å². The summed E-state index contributed by atoms with van der Waals surface area (Å²) in [6.45, 7) is 0. The molecule has 26 heavy (non-hydrogen) atoms. The molecule has 0 spiro atoms. The Balaban J connectivity index is 1.68. The first-order valence-electron chi connectivity index (χ1n) is 8.43. The highest BCUT2D eigenvalue weighted by Gasteiger charge is 2.14. The first-order chi connectivity index (χ1) is 12.9. The molecule has 0 amide bonds. The molecule has 0 saturated heterocycles. The second-order valence-electron chi connectivity index (χ2n) is 6.29. The summed E-state index contributed by atoms with van der Waals surface area (Å²) in [5.74, 6) is 0.737. The largest absolute Gasteiger partial charge is 0.453 e. The second kappa shape index (κ2) is 5.13. The highest BCUT2D eigenvalue weighted by molar-refractivity contribution is 7.26. The fourth-order valence-corrected chi connectivity index (χ4v) is 4.77. The van der Waals surface area contributed by atoms with Gasteiger partial charge in [-0.1, -0.05) is 42.5 Å². The minimum atomic E-state index is 0.721. The molecule has 6 rings (SSSR count). The van der Waals surface area contributed by atoms with Crippen molar-refractivity contribution in [2.75, 3.05) is 0 Å². The molecular weight excluding hydrogens is 340 g/mol. The summed E-state index contributed by atoms with van der Waals surface area (Å²) in [7, 11) is 0. The lowest BCUT2D eigenvalue weighted by molar-refractivity contribution is 0.666. The highest BCUT2D eigenvalue weighted by Crippen LogP contribution is 2.39. The molecule has 0 aliphatic rings. The van der Waals surface area contributed by atoms with E-state index in [-0.39, 0.29) is 0 Å². The summed E-state index contributed by atoms with van der Waals surface area (Å²) in [6, 6.07) is 22.8. The number of benzene rings is 3. The fraction of sp³-hybridized carbons (Fsp3) is 0. The molecule has 0 fully saturated rings. The SMILES string of the molecule is c1ccc2c(c1)oc1cnc(-c3cccc4c3sc3ccccc34)nc12. The smallest absolute Gasteiger partial charge is 0.172 e. The second-order valence-corrected chi connectivity index (χ2v) is 7.34. The number of rotatable bonds is 1. The third-order valence-corrected chi connectivity index (χ3v) is 5.98. The van der Waals surface area contributed by atoms with Crippen molar-refractivity contribution >= 4 is 53.6 Å². The van der Waals surface area contributed by atoms with Crippen LogP contribution in [0.25, 0.3) is 53.6 Å². The Labute approximate surface area is 152 Å². The number of fused-ring (bicyclic) bond motifs is 6. The molecule has 0 aliphatic carbocycles. The quantitative estimate of drug-likeness (QED) is 0.343. The van der Waals surface area contributed by atoms with Crippen LogP contribution in [0.5, 0.6) is 0 Å². The van der Waals surface area contributed by atoms with E-state index in [1.165, 1.54) is 20.2 Å². The van der Waals surface area contributed by atoms with E-state index in [0.29, 0.717) is 0 Å². The molecule has 3 nitrogen and oxygen atoms in total. The molecule has 0 unspecified atom stereocenters. The van der Waals surface area contributed by atoms with Gasteiger partial charge in [-0.3, -0.25) is 0 Å². The highest BCUT2D eigenvalue weighted by atomic mass is 32.1. The van der Waals surface area contributed by atoms with Gasteiger partial charge in [-0.15, -0.1) is 11.3 Å². The van der Waals surface area contributed by atoms with E-state index in [4.69, 9.17) is 9.40 Å². The summed E-state index contributed by atoms with van der Waals surface area (Å²) in [6.07, 6.45) is 1.78. The first kappa shape index (κ1) is 14.0. The van der Waals surface area contributed by atoms with Gasteiger partial charge in [-0.05, 0) is 24.3 Å². The molecule has 6 aromatic rings. The van der Waals surface area contributed by atoms with Crippen molar-refractivity contribution in [2.24, 2.45) is 0 Å². The van der Waals surface area contributed by atoms with E-state index in [9.17, 15) is 0 Å². The van der Waals surface area contributed by atoms with Crippen LogP contribution >= 0.6 is 11.3 Å². The first-order valence-corrected chi connectivity index (χ1v) is 9.25. The molecule has 0 atom stereocenters. The lowest BCUT2D eigenvalue weighted by Crippen LogP contribution is -1.88. The minimum Gasteiger partial charge on any atom is -0.453 e. The fourth-order valence-electron chi connectivity index (χ4n) is 3.56. The Morgan fingerprint density at radius 1 is 0.731 bits per heavy atom. The third-order valence-electron chi connectivity index (χ3n) is 4.76. The molecule has 4 heteroatoms. The summed E-state index contributed by atoms with van der Waals surface area (Å²) in [4.78, 5) is 9.45. The van der Waals surface area contributed by atoms with E-state index in [1.807, 2.05) is 24.3 Å². The van der Waals surface area contributed by atoms with Crippen molar-refractivity contribution in [1.82, 2.24) is 9.97 Å². The van der Waals surface area contributed by atoms with Gasteiger partial charge in [-0.2, -0.15) is 0 Å². The molecule has 3 aromatic heterocycles. The maximum Gasteiger partial charge on any atom is 0.172 e. The Morgan fingerprint density at radius 3 is 2.50 bits per heavy atom. The number of thiophene rings is 1. The van der Waals surface area contributed by atoms with Crippen molar-refractivity contribution in [2.45, 2.75) is 0 Å². The normalized spacial score (nSPS) is 11.8. The van der Waals surface area contributed by atoms with Crippen molar-refractivity contribution in [3.8, 4) is 11.4 Å². The Bertz CT molecular complexity index is 1440. The molecule has 0 saturated carbocycles.